The Balaban J connectivity index is 1.37. The molecule has 1 fully saturated rings. The van der Waals surface area contributed by atoms with Crippen LogP contribution in [0.3, 0.4) is 0 Å². The van der Waals surface area contributed by atoms with E-state index in [4.69, 9.17) is 0 Å². The standard InChI is InChI=1S/C21H22N4O3/c26-19-8-9-25(21(28)22-19)15-20(27)24-12-10-23(11-13-24)14-17-6-3-5-16-4-1-2-7-18(16)17/h1-9H,10-15H2,(H,22,26,28). The van der Waals surface area contributed by atoms with Gasteiger partial charge in [0.1, 0.15) is 6.54 Å². The number of benzene rings is 2. The lowest BCUT2D eigenvalue weighted by Crippen LogP contribution is -2.49. The van der Waals surface area contributed by atoms with Crippen LogP contribution in [0.1, 0.15) is 5.56 Å². The molecule has 2 aromatic carbocycles. The molecular formula is C21H22N4O3. The first-order chi connectivity index (χ1) is 13.6. The first-order valence-electron chi connectivity index (χ1n) is 9.37. The average molecular weight is 378 g/mol. The Labute approximate surface area is 161 Å². The van der Waals surface area contributed by atoms with Crippen molar-refractivity contribution in [3.8, 4) is 0 Å². The van der Waals surface area contributed by atoms with Gasteiger partial charge in [-0.05, 0) is 16.3 Å². The van der Waals surface area contributed by atoms with E-state index in [-0.39, 0.29) is 12.5 Å². The molecule has 0 bridgehead atoms. The summed E-state index contributed by atoms with van der Waals surface area (Å²) in [5.74, 6) is -0.112. The van der Waals surface area contributed by atoms with Crippen molar-refractivity contribution in [2.75, 3.05) is 26.2 Å². The van der Waals surface area contributed by atoms with Crippen molar-refractivity contribution in [3.05, 3.63) is 81.1 Å². The Kier molecular flexibility index (Phi) is 5.08. The van der Waals surface area contributed by atoms with Crippen LogP contribution in [0.2, 0.25) is 0 Å². The highest BCUT2D eigenvalue weighted by Gasteiger charge is 2.22. The van der Waals surface area contributed by atoms with Gasteiger partial charge in [-0.2, -0.15) is 0 Å². The molecule has 0 radical (unpaired) electrons. The van der Waals surface area contributed by atoms with Crippen LogP contribution < -0.4 is 11.2 Å². The summed E-state index contributed by atoms with van der Waals surface area (Å²) in [6.07, 6.45) is 1.36. The average Bonchev–Trinajstić information content (AvgIpc) is 2.71. The van der Waals surface area contributed by atoms with Gasteiger partial charge < -0.3 is 4.90 Å². The summed E-state index contributed by atoms with van der Waals surface area (Å²) in [6, 6.07) is 16.0. The van der Waals surface area contributed by atoms with Gasteiger partial charge in [0.05, 0.1) is 0 Å². The molecule has 2 heterocycles. The first-order valence-corrected chi connectivity index (χ1v) is 9.37. The van der Waals surface area contributed by atoms with E-state index in [0.717, 1.165) is 19.6 Å². The Hall–Kier alpha value is -3.19. The molecule has 7 nitrogen and oxygen atoms in total. The minimum Gasteiger partial charge on any atom is -0.339 e. The van der Waals surface area contributed by atoms with Gasteiger partial charge in [0.25, 0.3) is 5.56 Å². The third-order valence-electron chi connectivity index (χ3n) is 5.20. The van der Waals surface area contributed by atoms with E-state index in [1.165, 1.54) is 33.2 Å². The van der Waals surface area contributed by atoms with E-state index in [2.05, 4.69) is 46.3 Å². The van der Waals surface area contributed by atoms with Gasteiger partial charge in [-0.1, -0.05) is 42.5 Å². The molecule has 1 aliphatic rings. The smallest absolute Gasteiger partial charge is 0.328 e. The summed E-state index contributed by atoms with van der Waals surface area (Å²) in [5.41, 5.74) is 0.267. The van der Waals surface area contributed by atoms with E-state index < -0.39 is 11.2 Å². The molecule has 28 heavy (non-hydrogen) atoms. The Morgan fingerprint density at radius 2 is 1.68 bits per heavy atom. The van der Waals surface area contributed by atoms with Crippen LogP contribution in [0.4, 0.5) is 0 Å². The Morgan fingerprint density at radius 3 is 2.46 bits per heavy atom. The fourth-order valence-electron chi connectivity index (χ4n) is 3.64. The summed E-state index contributed by atoms with van der Waals surface area (Å²) in [6.45, 7) is 3.62. The zero-order chi connectivity index (χ0) is 19.5. The lowest BCUT2D eigenvalue weighted by atomic mass is 10.0. The second-order valence-electron chi connectivity index (χ2n) is 7.03. The number of piperazine rings is 1. The van der Waals surface area contributed by atoms with Crippen LogP contribution in [0, 0.1) is 0 Å². The molecule has 4 rings (SSSR count). The van der Waals surface area contributed by atoms with Crippen molar-refractivity contribution in [1.29, 1.82) is 0 Å². The van der Waals surface area contributed by atoms with Gasteiger partial charge in [-0.3, -0.25) is 24.0 Å². The van der Waals surface area contributed by atoms with Crippen LogP contribution in [0.5, 0.6) is 0 Å². The van der Waals surface area contributed by atoms with Crippen molar-refractivity contribution in [2.24, 2.45) is 0 Å². The zero-order valence-electron chi connectivity index (χ0n) is 15.5. The van der Waals surface area contributed by atoms with Crippen LogP contribution in [0.25, 0.3) is 10.8 Å². The van der Waals surface area contributed by atoms with E-state index in [0.29, 0.717) is 13.1 Å². The summed E-state index contributed by atoms with van der Waals surface area (Å²) in [5, 5.41) is 2.50. The number of amides is 1. The van der Waals surface area contributed by atoms with Crippen LogP contribution in [0.15, 0.2) is 64.3 Å². The van der Waals surface area contributed by atoms with E-state index in [1.807, 2.05) is 6.07 Å². The molecule has 0 spiro atoms. The number of nitrogens with one attached hydrogen (secondary N) is 1. The van der Waals surface area contributed by atoms with Crippen molar-refractivity contribution in [1.82, 2.24) is 19.4 Å². The molecule has 0 atom stereocenters. The topological polar surface area (TPSA) is 78.4 Å². The number of carbonyl (C=O) groups is 1. The Morgan fingerprint density at radius 1 is 0.929 bits per heavy atom. The van der Waals surface area contributed by atoms with Gasteiger partial charge >= 0.3 is 5.69 Å². The summed E-state index contributed by atoms with van der Waals surface area (Å²) < 4.78 is 1.23. The van der Waals surface area contributed by atoms with Gasteiger partial charge in [0.2, 0.25) is 5.91 Å². The molecular weight excluding hydrogens is 356 g/mol. The van der Waals surface area contributed by atoms with E-state index in [1.54, 1.807) is 4.90 Å². The molecule has 1 aliphatic heterocycles. The van der Waals surface area contributed by atoms with E-state index in [9.17, 15) is 14.4 Å². The number of nitrogens with zero attached hydrogens (tertiary/aromatic N) is 3. The summed E-state index contributed by atoms with van der Waals surface area (Å²) in [7, 11) is 0. The van der Waals surface area contributed by atoms with Crippen LogP contribution in [-0.2, 0) is 17.9 Å². The van der Waals surface area contributed by atoms with Gasteiger partial charge in [0, 0.05) is 45.0 Å². The number of rotatable bonds is 4. The van der Waals surface area contributed by atoms with Gasteiger partial charge in [-0.15, -0.1) is 0 Å². The van der Waals surface area contributed by atoms with Crippen LogP contribution in [-0.4, -0.2) is 51.4 Å². The molecule has 1 amide bonds. The highest BCUT2D eigenvalue weighted by Crippen LogP contribution is 2.20. The maximum Gasteiger partial charge on any atom is 0.328 e. The highest BCUT2D eigenvalue weighted by atomic mass is 16.2. The molecule has 0 saturated carbocycles. The summed E-state index contributed by atoms with van der Waals surface area (Å²) >= 11 is 0. The molecule has 0 unspecified atom stereocenters. The predicted molar refractivity (Wildman–Crippen MR) is 107 cm³/mol. The number of hydrogen-bond donors (Lipinski definition) is 1. The number of hydrogen-bond acceptors (Lipinski definition) is 4. The minimum absolute atomic E-state index is 0.0566. The SMILES string of the molecule is O=C(Cn1ccc(=O)[nH]c1=O)N1CCN(Cc2cccc3ccccc23)CC1. The number of aromatic nitrogens is 2. The maximum atomic E-state index is 12.5. The van der Waals surface area contributed by atoms with Gasteiger partial charge in [0.15, 0.2) is 0 Å². The van der Waals surface area contributed by atoms with Gasteiger partial charge in [-0.25, -0.2) is 4.79 Å². The minimum atomic E-state index is -0.560. The summed E-state index contributed by atoms with van der Waals surface area (Å²) in [4.78, 5) is 41.7. The highest BCUT2D eigenvalue weighted by molar-refractivity contribution is 5.85. The molecule has 0 aliphatic carbocycles. The molecule has 1 N–H and O–H groups in total. The molecule has 1 saturated heterocycles. The molecule has 3 aromatic rings. The zero-order valence-corrected chi connectivity index (χ0v) is 15.5. The number of carbonyl (C=O) groups excluding carboxylic acids is 1. The lowest BCUT2D eigenvalue weighted by Gasteiger charge is -2.35. The van der Waals surface area contributed by atoms with Crippen molar-refractivity contribution in [3.63, 3.8) is 0 Å². The fourth-order valence-corrected chi connectivity index (χ4v) is 3.64. The second kappa shape index (κ2) is 7.82. The normalized spacial score (nSPS) is 15.1. The number of H-pyrrole nitrogens is 1. The fraction of sp³-hybridized carbons (Fsp3) is 0.286. The Bertz CT molecular complexity index is 1100. The number of fused-ring (bicyclic) bond motifs is 1. The van der Waals surface area contributed by atoms with Crippen molar-refractivity contribution in [2.45, 2.75) is 13.1 Å². The quantitative estimate of drug-likeness (QED) is 0.736. The van der Waals surface area contributed by atoms with E-state index >= 15 is 0 Å². The molecule has 144 valence electrons. The molecule has 7 heteroatoms. The number of aromatic amines is 1. The largest absolute Gasteiger partial charge is 0.339 e. The first kappa shape index (κ1) is 18.2. The maximum absolute atomic E-state index is 12.5. The second-order valence-corrected chi connectivity index (χ2v) is 7.03. The third-order valence-corrected chi connectivity index (χ3v) is 5.20. The predicted octanol–water partition coefficient (Wildman–Crippen LogP) is 1.03. The van der Waals surface area contributed by atoms with Crippen LogP contribution >= 0.6 is 0 Å². The lowest BCUT2D eigenvalue weighted by molar-refractivity contribution is -0.133. The molecule has 1 aromatic heterocycles. The van der Waals surface area contributed by atoms with Crippen molar-refractivity contribution >= 4 is 16.7 Å². The third kappa shape index (κ3) is 3.89. The monoisotopic (exact) mass is 378 g/mol. The van der Waals surface area contributed by atoms with Crippen molar-refractivity contribution < 1.29 is 4.79 Å².